The Morgan fingerprint density at radius 1 is 1.32 bits per heavy atom. The first-order valence-electron chi connectivity index (χ1n) is 9.55. The molecule has 0 saturated heterocycles. The van der Waals surface area contributed by atoms with E-state index in [9.17, 15) is 0 Å². The number of nitrogens with zero attached hydrogens (tertiary/aromatic N) is 3. The number of rotatable bonds is 5. The molecule has 0 bridgehead atoms. The molecule has 2 aromatic heterocycles. The molecule has 2 heterocycles. The van der Waals surface area contributed by atoms with Crippen LogP contribution in [-0.2, 0) is 12.0 Å². The minimum Gasteiger partial charge on any atom is -0.441 e. The van der Waals surface area contributed by atoms with Crippen molar-refractivity contribution in [2.24, 2.45) is 0 Å². The first-order valence-corrected chi connectivity index (χ1v) is 9.55. The third-order valence-corrected chi connectivity index (χ3v) is 4.78. The highest BCUT2D eigenvalue weighted by atomic mass is 16.4. The Morgan fingerprint density at radius 3 is 2.68 bits per heavy atom. The minimum absolute atomic E-state index is 0.0188. The van der Waals surface area contributed by atoms with E-state index in [1.807, 2.05) is 6.20 Å². The molecule has 2 aromatic rings. The molecule has 3 rings (SSSR count). The summed E-state index contributed by atoms with van der Waals surface area (Å²) in [6.45, 7) is 13.1. The van der Waals surface area contributed by atoms with Crippen molar-refractivity contribution in [3.63, 3.8) is 0 Å². The van der Waals surface area contributed by atoms with Crippen LogP contribution in [0.3, 0.4) is 0 Å². The van der Waals surface area contributed by atoms with Crippen molar-refractivity contribution >= 4 is 5.57 Å². The molecule has 4 heteroatoms. The number of oxazole rings is 1. The second kappa shape index (κ2) is 6.81. The summed E-state index contributed by atoms with van der Waals surface area (Å²) in [7, 11) is 0. The van der Waals surface area contributed by atoms with E-state index < -0.39 is 0 Å². The van der Waals surface area contributed by atoms with Gasteiger partial charge < -0.3 is 4.42 Å². The first kappa shape index (κ1) is 18.0. The highest BCUT2D eigenvalue weighted by Crippen LogP contribution is 2.38. The van der Waals surface area contributed by atoms with Crippen molar-refractivity contribution in [3.05, 3.63) is 41.4 Å². The van der Waals surface area contributed by atoms with Crippen molar-refractivity contribution in [2.75, 3.05) is 0 Å². The third-order valence-electron chi connectivity index (χ3n) is 4.78. The lowest BCUT2D eigenvalue weighted by Gasteiger charge is -2.22. The van der Waals surface area contributed by atoms with E-state index in [0.29, 0.717) is 11.8 Å². The Hall–Kier alpha value is -1.84. The Morgan fingerprint density at radius 2 is 2.08 bits per heavy atom. The van der Waals surface area contributed by atoms with Gasteiger partial charge in [0.15, 0.2) is 5.89 Å². The molecule has 1 aliphatic rings. The van der Waals surface area contributed by atoms with E-state index in [4.69, 9.17) is 9.52 Å². The molecule has 25 heavy (non-hydrogen) atoms. The number of allylic oxidation sites excluding steroid dienone is 2. The molecule has 4 nitrogen and oxygen atoms in total. The number of hydrogen-bond acceptors (Lipinski definition) is 3. The van der Waals surface area contributed by atoms with Crippen LogP contribution in [0.1, 0.15) is 95.7 Å². The van der Waals surface area contributed by atoms with Crippen molar-refractivity contribution in [1.82, 2.24) is 14.8 Å². The highest BCUT2D eigenvalue weighted by molar-refractivity contribution is 5.64. The fraction of sp³-hybridized carbons (Fsp3) is 0.619. The number of hydrogen-bond donors (Lipinski definition) is 0. The van der Waals surface area contributed by atoms with Gasteiger partial charge in [-0.05, 0) is 51.7 Å². The summed E-state index contributed by atoms with van der Waals surface area (Å²) in [6.07, 6.45) is 8.55. The SMILES string of the molecule is CCCc1cc(C2C=C(c3cnc(C(C)C)o3)CC2)nn1C(C)(C)C. The van der Waals surface area contributed by atoms with Gasteiger partial charge in [0.25, 0.3) is 0 Å². The maximum absolute atomic E-state index is 5.93. The molecular weight excluding hydrogens is 310 g/mol. The van der Waals surface area contributed by atoms with Gasteiger partial charge in [0.05, 0.1) is 17.4 Å². The summed E-state index contributed by atoms with van der Waals surface area (Å²) >= 11 is 0. The molecule has 0 aliphatic heterocycles. The lowest BCUT2D eigenvalue weighted by Crippen LogP contribution is -2.25. The fourth-order valence-corrected chi connectivity index (χ4v) is 3.50. The summed E-state index contributed by atoms with van der Waals surface area (Å²) in [5.41, 5.74) is 3.82. The van der Waals surface area contributed by atoms with E-state index in [1.165, 1.54) is 17.0 Å². The predicted molar refractivity (Wildman–Crippen MR) is 102 cm³/mol. The maximum Gasteiger partial charge on any atom is 0.197 e. The molecule has 1 unspecified atom stereocenters. The van der Waals surface area contributed by atoms with Crippen LogP contribution in [0, 0.1) is 0 Å². The molecule has 0 amide bonds. The van der Waals surface area contributed by atoms with Gasteiger partial charge in [-0.15, -0.1) is 0 Å². The van der Waals surface area contributed by atoms with Crippen LogP contribution in [0.5, 0.6) is 0 Å². The van der Waals surface area contributed by atoms with E-state index >= 15 is 0 Å². The van der Waals surface area contributed by atoms with E-state index in [1.54, 1.807) is 0 Å². The smallest absolute Gasteiger partial charge is 0.197 e. The van der Waals surface area contributed by atoms with Gasteiger partial charge in [-0.3, -0.25) is 4.68 Å². The van der Waals surface area contributed by atoms with Crippen molar-refractivity contribution in [3.8, 4) is 0 Å². The molecule has 0 saturated carbocycles. The van der Waals surface area contributed by atoms with Gasteiger partial charge in [0.2, 0.25) is 0 Å². The molecule has 136 valence electrons. The van der Waals surface area contributed by atoms with Gasteiger partial charge in [-0.25, -0.2) is 4.98 Å². The van der Waals surface area contributed by atoms with Gasteiger partial charge in [-0.2, -0.15) is 5.10 Å². The van der Waals surface area contributed by atoms with Gasteiger partial charge in [0.1, 0.15) is 5.76 Å². The molecule has 0 N–H and O–H groups in total. The van der Waals surface area contributed by atoms with Crippen LogP contribution < -0.4 is 0 Å². The average molecular weight is 341 g/mol. The third kappa shape index (κ3) is 3.73. The Bertz CT molecular complexity index is 758. The van der Waals surface area contributed by atoms with Crippen LogP contribution >= 0.6 is 0 Å². The van der Waals surface area contributed by atoms with Crippen LogP contribution in [0.25, 0.3) is 5.57 Å². The number of aromatic nitrogens is 3. The average Bonchev–Trinajstić information content (AvgIpc) is 3.25. The van der Waals surface area contributed by atoms with E-state index in [0.717, 1.165) is 37.3 Å². The quantitative estimate of drug-likeness (QED) is 0.704. The van der Waals surface area contributed by atoms with Crippen LogP contribution in [0.4, 0.5) is 0 Å². The monoisotopic (exact) mass is 341 g/mol. The predicted octanol–water partition coefficient (Wildman–Crippen LogP) is 5.66. The summed E-state index contributed by atoms with van der Waals surface area (Å²) in [4.78, 5) is 4.41. The molecule has 0 fully saturated rings. The van der Waals surface area contributed by atoms with Crippen LogP contribution in [0.15, 0.2) is 22.8 Å². The zero-order chi connectivity index (χ0) is 18.2. The lowest BCUT2D eigenvalue weighted by molar-refractivity contribution is 0.340. The minimum atomic E-state index is 0.0188. The Kier molecular flexibility index (Phi) is 4.90. The largest absolute Gasteiger partial charge is 0.441 e. The Balaban J connectivity index is 1.86. The van der Waals surface area contributed by atoms with Crippen molar-refractivity contribution in [2.45, 2.75) is 84.6 Å². The summed E-state index contributed by atoms with van der Waals surface area (Å²) in [6, 6.07) is 2.30. The van der Waals surface area contributed by atoms with E-state index in [-0.39, 0.29) is 5.54 Å². The van der Waals surface area contributed by atoms with Crippen molar-refractivity contribution < 1.29 is 4.42 Å². The molecule has 0 aromatic carbocycles. The number of aryl methyl sites for hydroxylation is 1. The zero-order valence-corrected chi connectivity index (χ0v) is 16.5. The van der Waals surface area contributed by atoms with Crippen LogP contribution in [0.2, 0.25) is 0 Å². The molecule has 1 aliphatic carbocycles. The van der Waals surface area contributed by atoms with Crippen molar-refractivity contribution in [1.29, 1.82) is 0 Å². The van der Waals surface area contributed by atoms with E-state index in [2.05, 4.69) is 63.4 Å². The second-order valence-corrected chi connectivity index (χ2v) is 8.45. The fourth-order valence-electron chi connectivity index (χ4n) is 3.50. The summed E-state index contributed by atoms with van der Waals surface area (Å²) in [5.74, 6) is 2.45. The summed E-state index contributed by atoms with van der Waals surface area (Å²) in [5, 5.41) is 4.97. The molecule has 1 atom stereocenters. The van der Waals surface area contributed by atoms with Crippen LogP contribution in [-0.4, -0.2) is 14.8 Å². The normalized spacial score (nSPS) is 18.2. The van der Waals surface area contributed by atoms with Gasteiger partial charge in [0, 0.05) is 17.5 Å². The first-order chi connectivity index (χ1) is 11.8. The Labute approximate surface area is 151 Å². The standard InChI is InChI=1S/C21H31N3O/c1-7-8-17-12-18(23-24(17)21(4,5)6)15-9-10-16(11-15)19-13-22-20(25-19)14(2)3/h11-15H,7-10H2,1-6H3. The van der Waals surface area contributed by atoms with Gasteiger partial charge in [-0.1, -0.05) is 33.3 Å². The second-order valence-electron chi connectivity index (χ2n) is 8.45. The topological polar surface area (TPSA) is 43.9 Å². The highest BCUT2D eigenvalue weighted by Gasteiger charge is 2.26. The molecular formula is C21H31N3O. The van der Waals surface area contributed by atoms with Gasteiger partial charge >= 0.3 is 0 Å². The lowest BCUT2D eigenvalue weighted by atomic mass is 10.0. The maximum atomic E-state index is 5.93. The zero-order valence-electron chi connectivity index (χ0n) is 16.5. The summed E-state index contributed by atoms with van der Waals surface area (Å²) < 4.78 is 8.14. The molecule has 0 radical (unpaired) electrons. The molecule has 0 spiro atoms.